The lowest BCUT2D eigenvalue weighted by Crippen LogP contribution is -2.08. The topological polar surface area (TPSA) is 66.0 Å². The van der Waals surface area contributed by atoms with Crippen molar-refractivity contribution in [3.63, 3.8) is 0 Å². The zero-order chi connectivity index (χ0) is 19.1. The van der Waals surface area contributed by atoms with Crippen LogP contribution in [0, 0.1) is 0 Å². The molecule has 1 amide bonds. The van der Waals surface area contributed by atoms with E-state index in [1.807, 2.05) is 0 Å². The van der Waals surface area contributed by atoms with Gasteiger partial charge in [0.2, 0.25) is 11.7 Å². The molecule has 0 aliphatic carbocycles. The maximum atomic E-state index is 12.2. The van der Waals surface area contributed by atoms with Crippen molar-refractivity contribution in [3.8, 4) is 23.0 Å². The van der Waals surface area contributed by atoms with Gasteiger partial charge in [-0.2, -0.15) is 0 Å². The Kier molecular flexibility index (Phi) is 6.74. The maximum absolute atomic E-state index is 12.2. The van der Waals surface area contributed by atoms with Crippen LogP contribution in [-0.2, 0) is 4.79 Å². The third-order valence-corrected chi connectivity index (χ3v) is 3.77. The Bertz CT molecular complexity index is 795. The van der Waals surface area contributed by atoms with Gasteiger partial charge < -0.3 is 24.3 Å². The number of benzene rings is 2. The number of hydrogen-bond acceptors (Lipinski definition) is 5. The van der Waals surface area contributed by atoms with Gasteiger partial charge in [0.1, 0.15) is 5.75 Å². The van der Waals surface area contributed by atoms with E-state index >= 15 is 0 Å². The van der Waals surface area contributed by atoms with E-state index in [4.69, 9.17) is 30.5 Å². The van der Waals surface area contributed by atoms with Crippen LogP contribution in [0.2, 0.25) is 5.02 Å². The van der Waals surface area contributed by atoms with Crippen LogP contribution in [0.4, 0.5) is 5.69 Å². The molecule has 0 atom stereocenters. The maximum Gasteiger partial charge on any atom is 0.248 e. The Hall–Kier alpha value is -2.86. The molecule has 0 aromatic heterocycles. The molecule has 26 heavy (non-hydrogen) atoms. The summed E-state index contributed by atoms with van der Waals surface area (Å²) in [5.41, 5.74) is 1.20. The molecule has 1 N–H and O–H groups in total. The van der Waals surface area contributed by atoms with E-state index in [2.05, 4.69) is 5.32 Å². The van der Waals surface area contributed by atoms with Crippen LogP contribution in [0.3, 0.4) is 0 Å². The third-order valence-electron chi connectivity index (χ3n) is 3.53. The lowest BCUT2D eigenvalue weighted by Gasteiger charge is -2.13. The van der Waals surface area contributed by atoms with Crippen molar-refractivity contribution < 1.29 is 23.7 Å². The summed E-state index contributed by atoms with van der Waals surface area (Å²) < 4.78 is 21.1. The second kappa shape index (κ2) is 9.01. The van der Waals surface area contributed by atoms with Crippen LogP contribution in [-0.4, -0.2) is 34.3 Å². The number of nitrogens with one attached hydrogen (secondary N) is 1. The van der Waals surface area contributed by atoms with Gasteiger partial charge >= 0.3 is 0 Å². The van der Waals surface area contributed by atoms with Gasteiger partial charge in [-0.05, 0) is 42.0 Å². The fourth-order valence-electron chi connectivity index (χ4n) is 2.32. The van der Waals surface area contributed by atoms with E-state index < -0.39 is 0 Å². The number of halogens is 1. The van der Waals surface area contributed by atoms with Crippen molar-refractivity contribution in [2.24, 2.45) is 0 Å². The number of methoxy groups -OCH3 is 4. The average molecular weight is 378 g/mol. The van der Waals surface area contributed by atoms with E-state index in [0.29, 0.717) is 39.3 Å². The standard InChI is InChI=1S/C19H20ClNO5/c1-23-15-7-6-13(20)11-14(15)21-18(22)8-5-12-9-16(24-2)19(26-4)17(10-12)25-3/h5-11H,1-4H3,(H,21,22)/b8-5+. The molecule has 0 aliphatic heterocycles. The van der Waals surface area contributed by atoms with E-state index in [1.54, 1.807) is 36.4 Å². The lowest BCUT2D eigenvalue weighted by molar-refractivity contribution is -0.111. The van der Waals surface area contributed by atoms with Crippen molar-refractivity contribution in [3.05, 3.63) is 47.0 Å². The summed E-state index contributed by atoms with van der Waals surface area (Å²) in [5, 5.41) is 3.23. The number of carbonyl (C=O) groups is 1. The van der Waals surface area contributed by atoms with Gasteiger partial charge in [-0.25, -0.2) is 0 Å². The first-order valence-electron chi connectivity index (χ1n) is 7.65. The number of ether oxygens (including phenoxy) is 4. The van der Waals surface area contributed by atoms with Crippen LogP contribution in [0.5, 0.6) is 23.0 Å². The van der Waals surface area contributed by atoms with Gasteiger partial charge in [0.05, 0.1) is 34.1 Å². The molecule has 0 radical (unpaired) electrons. The molecular formula is C19H20ClNO5. The summed E-state index contributed by atoms with van der Waals surface area (Å²) in [7, 11) is 6.11. The van der Waals surface area contributed by atoms with Crippen molar-refractivity contribution in [2.45, 2.75) is 0 Å². The number of rotatable bonds is 7. The van der Waals surface area contributed by atoms with Crippen molar-refractivity contribution >= 4 is 29.3 Å². The van der Waals surface area contributed by atoms with Crippen LogP contribution in [0.25, 0.3) is 6.08 Å². The van der Waals surface area contributed by atoms with E-state index in [1.165, 1.54) is 34.5 Å². The SMILES string of the molecule is COc1ccc(Cl)cc1NC(=O)/C=C/c1cc(OC)c(OC)c(OC)c1. The molecular weight excluding hydrogens is 358 g/mol. The van der Waals surface area contributed by atoms with Crippen molar-refractivity contribution in [1.29, 1.82) is 0 Å². The molecule has 6 nitrogen and oxygen atoms in total. The van der Waals surface area contributed by atoms with Gasteiger partial charge in [0, 0.05) is 11.1 Å². The third kappa shape index (κ3) is 4.61. The zero-order valence-electron chi connectivity index (χ0n) is 15.0. The van der Waals surface area contributed by atoms with Gasteiger partial charge in [-0.3, -0.25) is 4.79 Å². The average Bonchev–Trinajstić information content (AvgIpc) is 2.65. The first-order chi connectivity index (χ1) is 12.5. The summed E-state index contributed by atoms with van der Waals surface area (Å²) in [6, 6.07) is 8.46. The molecule has 7 heteroatoms. The zero-order valence-corrected chi connectivity index (χ0v) is 15.7. The largest absolute Gasteiger partial charge is 0.495 e. The molecule has 0 spiro atoms. The van der Waals surface area contributed by atoms with Gasteiger partial charge in [-0.1, -0.05) is 11.6 Å². The minimum absolute atomic E-state index is 0.334. The smallest absolute Gasteiger partial charge is 0.248 e. The highest BCUT2D eigenvalue weighted by Gasteiger charge is 2.12. The normalized spacial score (nSPS) is 10.5. The number of anilines is 1. The summed E-state index contributed by atoms with van der Waals surface area (Å²) in [4.78, 5) is 12.2. The minimum atomic E-state index is -0.334. The Morgan fingerprint density at radius 1 is 0.923 bits per heavy atom. The molecule has 0 saturated carbocycles. The van der Waals surface area contributed by atoms with E-state index in [9.17, 15) is 4.79 Å². The molecule has 0 fully saturated rings. The van der Waals surface area contributed by atoms with Crippen molar-refractivity contribution in [1.82, 2.24) is 0 Å². The molecule has 0 bridgehead atoms. The highest BCUT2D eigenvalue weighted by Crippen LogP contribution is 2.38. The Labute approximate surface area is 157 Å². The Balaban J connectivity index is 2.22. The number of carbonyl (C=O) groups excluding carboxylic acids is 1. The Morgan fingerprint density at radius 3 is 2.08 bits per heavy atom. The molecule has 2 aromatic rings. The van der Waals surface area contributed by atoms with E-state index in [0.717, 1.165) is 0 Å². The van der Waals surface area contributed by atoms with Crippen LogP contribution in [0.1, 0.15) is 5.56 Å². The highest BCUT2D eigenvalue weighted by atomic mass is 35.5. The predicted octanol–water partition coefficient (Wildman–Crippen LogP) is 4.03. The first kappa shape index (κ1) is 19.5. The molecule has 0 saturated heterocycles. The van der Waals surface area contributed by atoms with Crippen molar-refractivity contribution in [2.75, 3.05) is 33.8 Å². The highest BCUT2D eigenvalue weighted by molar-refractivity contribution is 6.31. The van der Waals surface area contributed by atoms with Gasteiger partial charge in [0.15, 0.2) is 11.5 Å². The molecule has 2 rings (SSSR count). The summed E-state index contributed by atoms with van der Waals surface area (Å²) in [5.74, 6) is 1.68. The fraction of sp³-hybridized carbons (Fsp3) is 0.211. The number of hydrogen-bond donors (Lipinski definition) is 1. The summed E-state index contributed by atoms with van der Waals surface area (Å²) in [6.07, 6.45) is 3.03. The molecule has 0 heterocycles. The first-order valence-corrected chi connectivity index (χ1v) is 8.02. The quantitative estimate of drug-likeness (QED) is 0.738. The molecule has 0 aliphatic rings. The summed E-state index contributed by atoms with van der Waals surface area (Å²) in [6.45, 7) is 0. The lowest BCUT2D eigenvalue weighted by atomic mass is 10.1. The minimum Gasteiger partial charge on any atom is -0.495 e. The van der Waals surface area contributed by atoms with Crippen LogP contribution in [0.15, 0.2) is 36.4 Å². The predicted molar refractivity (Wildman–Crippen MR) is 102 cm³/mol. The molecule has 138 valence electrons. The van der Waals surface area contributed by atoms with Gasteiger partial charge in [0.25, 0.3) is 0 Å². The summed E-state index contributed by atoms with van der Waals surface area (Å²) >= 11 is 5.96. The Morgan fingerprint density at radius 2 is 1.54 bits per heavy atom. The molecule has 0 unspecified atom stereocenters. The fourth-order valence-corrected chi connectivity index (χ4v) is 2.49. The second-order valence-corrected chi connectivity index (χ2v) is 5.56. The number of amides is 1. The monoisotopic (exact) mass is 377 g/mol. The van der Waals surface area contributed by atoms with E-state index in [-0.39, 0.29) is 5.91 Å². The molecule has 2 aromatic carbocycles. The van der Waals surface area contributed by atoms with Gasteiger partial charge in [-0.15, -0.1) is 0 Å². The van der Waals surface area contributed by atoms with Crippen LogP contribution >= 0.6 is 11.6 Å². The second-order valence-electron chi connectivity index (χ2n) is 5.13. The van der Waals surface area contributed by atoms with Crippen LogP contribution < -0.4 is 24.3 Å².